The van der Waals surface area contributed by atoms with Crippen molar-refractivity contribution in [2.75, 3.05) is 40.9 Å². The van der Waals surface area contributed by atoms with E-state index in [2.05, 4.69) is 43.5 Å². The first-order valence-corrected chi connectivity index (χ1v) is 31.9. The van der Waals surface area contributed by atoms with Crippen LogP contribution in [0.1, 0.15) is 296 Å². The van der Waals surface area contributed by atoms with Crippen molar-refractivity contribution in [3.8, 4) is 0 Å². The lowest BCUT2D eigenvalue weighted by Gasteiger charge is -2.25. The van der Waals surface area contributed by atoms with Gasteiger partial charge >= 0.3 is 7.82 Å². The summed E-state index contributed by atoms with van der Waals surface area (Å²) in [5, 5.41) is 13.9. The lowest BCUT2D eigenvalue weighted by molar-refractivity contribution is -0.870. The Hall–Kier alpha value is -1.28. The van der Waals surface area contributed by atoms with E-state index in [1.165, 1.54) is 231 Å². The Balaban J connectivity index is 4.22. The van der Waals surface area contributed by atoms with Crippen LogP contribution in [0.5, 0.6) is 0 Å². The third kappa shape index (κ3) is 54.5. The van der Waals surface area contributed by atoms with Gasteiger partial charge in [0.25, 0.3) is 0 Å². The van der Waals surface area contributed by atoms with Crippen LogP contribution in [-0.4, -0.2) is 73.4 Å². The number of amides is 1. The minimum atomic E-state index is -4.36. The number of likely N-dealkylation sites (N-methyl/N-ethyl adjacent to an activating group) is 1. The molecule has 0 saturated heterocycles. The second-order valence-electron chi connectivity index (χ2n) is 22.1. The van der Waals surface area contributed by atoms with Crippen molar-refractivity contribution in [1.29, 1.82) is 0 Å². The van der Waals surface area contributed by atoms with Crippen LogP contribution in [0.15, 0.2) is 36.5 Å². The van der Waals surface area contributed by atoms with Gasteiger partial charge < -0.3 is 19.8 Å². The number of phosphoric ester groups is 1. The summed E-state index contributed by atoms with van der Waals surface area (Å²) < 4.78 is 23.7. The molecule has 0 rings (SSSR count). The minimum Gasteiger partial charge on any atom is -0.387 e. The molecule has 9 heteroatoms. The number of allylic oxidation sites excluding steroid dienone is 5. The lowest BCUT2D eigenvalue weighted by Crippen LogP contribution is -2.45. The van der Waals surface area contributed by atoms with Crippen molar-refractivity contribution < 1.29 is 32.9 Å². The first-order valence-electron chi connectivity index (χ1n) is 30.4. The molecule has 0 aliphatic carbocycles. The van der Waals surface area contributed by atoms with Crippen molar-refractivity contribution in [3.63, 3.8) is 0 Å². The molecule has 0 radical (unpaired) electrons. The summed E-state index contributed by atoms with van der Waals surface area (Å²) in [5.74, 6) is -0.185. The average molecular weight is 1010 g/mol. The van der Waals surface area contributed by atoms with E-state index in [0.717, 1.165) is 44.9 Å². The molecule has 0 aromatic heterocycles. The molecule has 0 aliphatic heterocycles. The molecule has 3 atom stereocenters. The van der Waals surface area contributed by atoms with Gasteiger partial charge in [-0.1, -0.05) is 281 Å². The highest BCUT2D eigenvalue weighted by Gasteiger charge is 2.27. The lowest BCUT2D eigenvalue weighted by atomic mass is 10.0. The Labute approximate surface area is 436 Å². The Kier molecular flexibility index (Phi) is 51.6. The quantitative estimate of drug-likeness (QED) is 0.0243. The summed E-state index contributed by atoms with van der Waals surface area (Å²) in [5.41, 5.74) is 0. The molecule has 0 bridgehead atoms. The number of nitrogens with one attached hydrogen (secondary N) is 1. The van der Waals surface area contributed by atoms with Crippen molar-refractivity contribution >= 4 is 13.7 Å². The number of hydrogen-bond donors (Lipinski definition) is 3. The van der Waals surface area contributed by atoms with Gasteiger partial charge in [0.15, 0.2) is 0 Å². The molecule has 0 saturated carbocycles. The highest BCUT2D eigenvalue weighted by molar-refractivity contribution is 7.47. The van der Waals surface area contributed by atoms with Crippen LogP contribution in [0.4, 0.5) is 0 Å². The van der Waals surface area contributed by atoms with E-state index in [1.807, 2.05) is 27.2 Å². The van der Waals surface area contributed by atoms with E-state index in [-0.39, 0.29) is 19.1 Å². The van der Waals surface area contributed by atoms with E-state index in [9.17, 15) is 19.4 Å². The SMILES string of the molecule is CCCCCCCCCCCCCCCC/C=C/CC/C=C/CC/C=C/C(O)C(COP(=O)(O)OCC[N+](C)(C)C)NC(=O)CCCCCCCCCCCCCCCCCCCCCCCCCC. The van der Waals surface area contributed by atoms with E-state index in [0.29, 0.717) is 17.4 Å². The average Bonchev–Trinajstić information content (AvgIpc) is 3.32. The van der Waals surface area contributed by atoms with Gasteiger partial charge in [-0.05, 0) is 44.9 Å². The zero-order chi connectivity index (χ0) is 51.3. The zero-order valence-corrected chi connectivity index (χ0v) is 48.2. The van der Waals surface area contributed by atoms with Crippen molar-refractivity contribution in [2.24, 2.45) is 0 Å². The molecule has 1 amide bonds. The van der Waals surface area contributed by atoms with Gasteiger partial charge in [0.2, 0.25) is 5.91 Å². The smallest absolute Gasteiger partial charge is 0.387 e. The molecular weight excluding hydrogens is 888 g/mol. The molecule has 414 valence electrons. The van der Waals surface area contributed by atoms with E-state index in [1.54, 1.807) is 6.08 Å². The van der Waals surface area contributed by atoms with Crippen LogP contribution in [0.25, 0.3) is 0 Å². The maximum absolute atomic E-state index is 13.0. The summed E-state index contributed by atoms with van der Waals surface area (Å²) in [6.07, 6.45) is 68.3. The zero-order valence-electron chi connectivity index (χ0n) is 47.3. The van der Waals surface area contributed by atoms with Crippen LogP contribution in [0, 0.1) is 0 Å². The van der Waals surface area contributed by atoms with Crippen molar-refractivity contribution in [2.45, 2.75) is 309 Å². The summed E-state index contributed by atoms with van der Waals surface area (Å²) in [6, 6.07) is -0.868. The van der Waals surface area contributed by atoms with E-state index >= 15 is 0 Å². The third-order valence-corrected chi connectivity index (χ3v) is 14.8. The van der Waals surface area contributed by atoms with Crippen LogP contribution >= 0.6 is 7.82 Å². The summed E-state index contributed by atoms with van der Waals surface area (Å²) >= 11 is 0. The predicted octanol–water partition coefficient (Wildman–Crippen LogP) is 18.5. The van der Waals surface area contributed by atoms with Gasteiger partial charge in [0, 0.05) is 6.42 Å². The van der Waals surface area contributed by atoms with Crippen LogP contribution in [0.3, 0.4) is 0 Å². The second kappa shape index (κ2) is 52.6. The molecule has 0 spiro atoms. The Morgan fingerprint density at radius 1 is 0.471 bits per heavy atom. The van der Waals surface area contributed by atoms with Crippen LogP contribution in [-0.2, 0) is 18.4 Å². The van der Waals surface area contributed by atoms with Gasteiger partial charge in [-0.15, -0.1) is 0 Å². The molecule has 3 unspecified atom stereocenters. The van der Waals surface area contributed by atoms with E-state index < -0.39 is 20.0 Å². The number of unbranched alkanes of at least 4 members (excludes halogenated alkanes) is 39. The highest BCUT2D eigenvalue weighted by atomic mass is 31.2. The second-order valence-corrected chi connectivity index (χ2v) is 23.5. The molecule has 0 aromatic rings. The van der Waals surface area contributed by atoms with Gasteiger partial charge in [-0.3, -0.25) is 13.8 Å². The van der Waals surface area contributed by atoms with E-state index in [4.69, 9.17) is 9.05 Å². The Morgan fingerprint density at radius 3 is 1.14 bits per heavy atom. The Bertz CT molecular complexity index is 1230. The van der Waals surface area contributed by atoms with Crippen LogP contribution < -0.4 is 5.32 Å². The number of rotatable bonds is 56. The number of carbonyl (C=O) groups is 1. The number of quaternary nitrogens is 1. The maximum atomic E-state index is 13.0. The summed E-state index contributed by atoms with van der Waals surface area (Å²) in [6.45, 7) is 4.83. The number of aliphatic hydroxyl groups is 1. The number of phosphoric acid groups is 1. The molecule has 0 heterocycles. The molecule has 3 N–H and O–H groups in total. The molecule has 70 heavy (non-hydrogen) atoms. The Morgan fingerprint density at radius 2 is 0.786 bits per heavy atom. The van der Waals surface area contributed by atoms with Crippen LogP contribution in [0.2, 0.25) is 0 Å². The number of carbonyl (C=O) groups excluding carboxylic acids is 1. The number of nitrogens with zero attached hydrogens (tertiary/aromatic N) is 1. The monoisotopic (exact) mass is 1010 g/mol. The number of hydrogen-bond acceptors (Lipinski definition) is 5. The first-order chi connectivity index (χ1) is 34.0. The maximum Gasteiger partial charge on any atom is 0.472 e. The van der Waals surface area contributed by atoms with Gasteiger partial charge in [-0.2, -0.15) is 0 Å². The minimum absolute atomic E-state index is 0.0552. The molecule has 8 nitrogen and oxygen atoms in total. The summed E-state index contributed by atoms with van der Waals surface area (Å²) in [7, 11) is 1.56. The fourth-order valence-corrected chi connectivity index (χ4v) is 9.81. The third-order valence-electron chi connectivity index (χ3n) is 13.8. The molecule has 0 aromatic carbocycles. The van der Waals surface area contributed by atoms with Gasteiger partial charge in [-0.25, -0.2) is 4.57 Å². The predicted molar refractivity (Wildman–Crippen MR) is 304 cm³/mol. The summed E-state index contributed by atoms with van der Waals surface area (Å²) in [4.78, 5) is 23.3. The van der Waals surface area contributed by atoms with Gasteiger partial charge in [0.05, 0.1) is 39.9 Å². The first kappa shape index (κ1) is 68.7. The molecule has 0 fully saturated rings. The highest BCUT2D eigenvalue weighted by Crippen LogP contribution is 2.43. The van der Waals surface area contributed by atoms with Crippen molar-refractivity contribution in [1.82, 2.24) is 5.32 Å². The fraction of sp³-hybridized carbons (Fsp3) is 0.885. The normalized spacial score (nSPS) is 14.1. The topological polar surface area (TPSA) is 105 Å². The largest absolute Gasteiger partial charge is 0.472 e. The van der Waals surface area contributed by atoms with Crippen molar-refractivity contribution in [3.05, 3.63) is 36.5 Å². The standard InChI is InChI=1S/C61H119N2O6P/c1-6-8-10-12-14-16-18-20-22-24-26-28-30-32-34-36-38-40-42-44-46-48-50-52-54-60(64)59(58-69-70(66,67)68-57-56-63(3,4)5)62-61(65)55-53-51-49-47-45-43-41-39-37-35-33-31-29-27-25-23-21-19-17-15-13-11-9-7-2/h36,38,44,46,52,54,59-60,64H,6-35,37,39-43,45,47-51,53,55-58H2,1-5H3,(H-,62,65,66,67)/p+1/b38-36+,46-44+,54-52+. The molecule has 0 aliphatic rings. The fourth-order valence-electron chi connectivity index (χ4n) is 9.08. The van der Waals surface area contributed by atoms with Gasteiger partial charge in [0.1, 0.15) is 13.2 Å². The number of aliphatic hydroxyl groups excluding tert-OH is 1. The molecular formula is C61H120N2O6P+.